The lowest BCUT2D eigenvalue weighted by Gasteiger charge is -2.19. The highest BCUT2D eigenvalue weighted by Crippen LogP contribution is 2.09. The van der Waals surface area contributed by atoms with Crippen LogP contribution in [0.5, 0.6) is 0 Å². The highest BCUT2D eigenvalue weighted by atomic mass is 35.5. The zero-order valence-corrected chi connectivity index (χ0v) is 11.4. The highest BCUT2D eigenvalue weighted by molar-refractivity contribution is 5.95. The fourth-order valence-electron chi connectivity index (χ4n) is 2.23. The van der Waals surface area contributed by atoms with Crippen LogP contribution in [-0.2, 0) is 0 Å². The van der Waals surface area contributed by atoms with E-state index in [2.05, 4.69) is 15.2 Å². The summed E-state index contributed by atoms with van der Waals surface area (Å²) in [4.78, 5) is 18.1. The first kappa shape index (κ1) is 15.1. The van der Waals surface area contributed by atoms with Crippen LogP contribution in [-0.4, -0.2) is 48.9 Å². The van der Waals surface area contributed by atoms with E-state index in [4.69, 9.17) is 0 Å². The van der Waals surface area contributed by atoms with Crippen LogP contribution >= 0.6 is 12.4 Å². The number of hydrogen-bond donors (Lipinski definition) is 1. The SMILES string of the molecule is CN(CC(=O)c1ccccn1)CC1CCNC1.Cl. The molecule has 1 fully saturated rings. The molecule has 1 unspecified atom stereocenters. The fraction of sp³-hybridized carbons (Fsp3) is 0.538. The Labute approximate surface area is 114 Å². The molecule has 1 aromatic heterocycles. The topological polar surface area (TPSA) is 45.2 Å². The molecular formula is C13H20ClN3O. The Kier molecular flexibility index (Phi) is 6.25. The van der Waals surface area contributed by atoms with E-state index < -0.39 is 0 Å². The lowest BCUT2D eigenvalue weighted by Crippen LogP contribution is -2.32. The van der Waals surface area contributed by atoms with Gasteiger partial charge in [0, 0.05) is 12.7 Å². The molecule has 0 saturated carbocycles. The average Bonchev–Trinajstić information content (AvgIpc) is 2.82. The Hall–Kier alpha value is -0.970. The zero-order chi connectivity index (χ0) is 12.1. The summed E-state index contributed by atoms with van der Waals surface area (Å²) in [6, 6.07) is 5.44. The molecule has 100 valence electrons. The molecule has 0 radical (unpaired) electrons. The highest BCUT2D eigenvalue weighted by Gasteiger charge is 2.18. The summed E-state index contributed by atoms with van der Waals surface area (Å²) >= 11 is 0. The molecule has 0 bridgehead atoms. The van der Waals surface area contributed by atoms with Crippen molar-refractivity contribution in [1.82, 2.24) is 15.2 Å². The van der Waals surface area contributed by atoms with Crippen molar-refractivity contribution in [1.29, 1.82) is 0 Å². The summed E-state index contributed by atoms with van der Waals surface area (Å²) in [6.07, 6.45) is 2.87. The molecule has 1 aromatic rings. The number of ketones is 1. The number of carbonyl (C=O) groups is 1. The van der Waals surface area contributed by atoms with Crippen molar-refractivity contribution in [2.75, 3.05) is 33.2 Å². The largest absolute Gasteiger partial charge is 0.316 e. The van der Waals surface area contributed by atoms with E-state index in [0.29, 0.717) is 18.2 Å². The van der Waals surface area contributed by atoms with Gasteiger partial charge in [0.25, 0.3) is 0 Å². The van der Waals surface area contributed by atoms with Gasteiger partial charge < -0.3 is 5.32 Å². The summed E-state index contributed by atoms with van der Waals surface area (Å²) in [5.41, 5.74) is 0.559. The standard InChI is InChI=1S/C13H19N3O.ClH/c1-16(9-11-5-7-14-8-11)10-13(17)12-4-2-3-6-15-12;/h2-4,6,11,14H,5,7-10H2,1H3;1H. The number of aromatic nitrogens is 1. The van der Waals surface area contributed by atoms with Crippen LogP contribution in [0, 0.1) is 5.92 Å². The molecule has 5 heteroatoms. The van der Waals surface area contributed by atoms with Crippen molar-refractivity contribution in [2.24, 2.45) is 5.92 Å². The summed E-state index contributed by atoms with van der Waals surface area (Å²) in [5.74, 6) is 0.774. The van der Waals surface area contributed by atoms with Crippen LogP contribution in [0.15, 0.2) is 24.4 Å². The van der Waals surface area contributed by atoms with Crippen molar-refractivity contribution >= 4 is 18.2 Å². The number of pyridine rings is 1. The van der Waals surface area contributed by atoms with Gasteiger partial charge in [0.2, 0.25) is 0 Å². The molecule has 1 N–H and O–H groups in total. The third-order valence-electron chi connectivity index (χ3n) is 3.10. The van der Waals surface area contributed by atoms with Crippen molar-refractivity contribution in [3.8, 4) is 0 Å². The van der Waals surface area contributed by atoms with Gasteiger partial charge in [-0.05, 0) is 44.6 Å². The maximum Gasteiger partial charge on any atom is 0.195 e. The van der Waals surface area contributed by atoms with Crippen molar-refractivity contribution in [2.45, 2.75) is 6.42 Å². The lowest BCUT2D eigenvalue weighted by molar-refractivity contribution is 0.0934. The van der Waals surface area contributed by atoms with Crippen LogP contribution < -0.4 is 5.32 Å². The van der Waals surface area contributed by atoms with Gasteiger partial charge in [-0.3, -0.25) is 14.7 Å². The third-order valence-corrected chi connectivity index (χ3v) is 3.10. The summed E-state index contributed by atoms with van der Waals surface area (Å²) in [7, 11) is 2.00. The predicted octanol–water partition coefficient (Wildman–Crippen LogP) is 1.23. The molecule has 18 heavy (non-hydrogen) atoms. The molecule has 0 amide bonds. The Morgan fingerprint density at radius 2 is 2.39 bits per heavy atom. The first-order chi connectivity index (χ1) is 8.25. The normalized spacial score (nSPS) is 18.7. The zero-order valence-electron chi connectivity index (χ0n) is 10.6. The van der Waals surface area contributed by atoms with Gasteiger partial charge in [-0.15, -0.1) is 12.4 Å². The number of nitrogens with one attached hydrogen (secondary N) is 1. The predicted molar refractivity (Wildman–Crippen MR) is 74.3 cm³/mol. The number of nitrogens with zero attached hydrogens (tertiary/aromatic N) is 2. The van der Waals surface area contributed by atoms with E-state index >= 15 is 0 Å². The van der Waals surface area contributed by atoms with Crippen LogP contribution in [0.1, 0.15) is 16.9 Å². The number of halogens is 1. The molecule has 0 aromatic carbocycles. The number of likely N-dealkylation sites (N-methyl/N-ethyl adjacent to an activating group) is 1. The second-order valence-electron chi connectivity index (χ2n) is 4.69. The van der Waals surface area contributed by atoms with Gasteiger partial charge >= 0.3 is 0 Å². The quantitative estimate of drug-likeness (QED) is 0.817. The summed E-state index contributed by atoms with van der Waals surface area (Å²) in [6.45, 7) is 3.61. The smallest absolute Gasteiger partial charge is 0.195 e. The van der Waals surface area contributed by atoms with Crippen molar-refractivity contribution in [3.05, 3.63) is 30.1 Å². The second kappa shape index (κ2) is 7.46. The minimum Gasteiger partial charge on any atom is -0.316 e. The minimum absolute atomic E-state index is 0. The van der Waals surface area contributed by atoms with E-state index in [-0.39, 0.29) is 18.2 Å². The first-order valence-electron chi connectivity index (χ1n) is 6.09. The Balaban J connectivity index is 0.00000162. The maximum atomic E-state index is 11.9. The van der Waals surface area contributed by atoms with Crippen LogP contribution in [0.4, 0.5) is 0 Å². The molecule has 0 aliphatic carbocycles. The van der Waals surface area contributed by atoms with Crippen molar-refractivity contribution in [3.63, 3.8) is 0 Å². The molecule has 0 spiro atoms. The Bertz CT molecular complexity index is 366. The van der Waals surface area contributed by atoms with Crippen LogP contribution in [0.3, 0.4) is 0 Å². The lowest BCUT2D eigenvalue weighted by atomic mass is 10.1. The second-order valence-corrected chi connectivity index (χ2v) is 4.69. The van der Waals surface area contributed by atoms with Gasteiger partial charge in [0.15, 0.2) is 5.78 Å². The first-order valence-corrected chi connectivity index (χ1v) is 6.09. The molecule has 4 nitrogen and oxygen atoms in total. The molecule has 1 aliphatic heterocycles. The van der Waals surface area contributed by atoms with Gasteiger partial charge in [0.1, 0.15) is 5.69 Å². The summed E-state index contributed by atoms with van der Waals surface area (Å²) < 4.78 is 0. The minimum atomic E-state index is 0. The van der Waals surface area contributed by atoms with Gasteiger partial charge in [0.05, 0.1) is 6.54 Å². The fourth-order valence-corrected chi connectivity index (χ4v) is 2.23. The number of hydrogen-bond acceptors (Lipinski definition) is 4. The van der Waals surface area contributed by atoms with Gasteiger partial charge in [-0.2, -0.15) is 0 Å². The number of Topliss-reactive ketones (excluding diaryl/α,β-unsaturated/α-hetero) is 1. The van der Waals surface area contributed by atoms with E-state index in [1.165, 1.54) is 6.42 Å². The Morgan fingerprint density at radius 1 is 1.56 bits per heavy atom. The number of carbonyl (C=O) groups excluding carboxylic acids is 1. The Morgan fingerprint density at radius 3 is 3.00 bits per heavy atom. The third kappa shape index (κ3) is 4.37. The van der Waals surface area contributed by atoms with Gasteiger partial charge in [-0.25, -0.2) is 0 Å². The van der Waals surface area contributed by atoms with Gasteiger partial charge in [-0.1, -0.05) is 6.07 Å². The molecule has 2 rings (SSSR count). The molecule has 1 saturated heterocycles. The monoisotopic (exact) mass is 269 g/mol. The molecule has 1 aliphatic rings. The van der Waals surface area contributed by atoms with E-state index in [1.807, 2.05) is 19.2 Å². The van der Waals surface area contributed by atoms with E-state index in [0.717, 1.165) is 19.6 Å². The molecular weight excluding hydrogens is 250 g/mol. The van der Waals surface area contributed by atoms with Crippen LogP contribution in [0.2, 0.25) is 0 Å². The van der Waals surface area contributed by atoms with Crippen LogP contribution in [0.25, 0.3) is 0 Å². The van der Waals surface area contributed by atoms with E-state index in [1.54, 1.807) is 12.3 Å². The maximum absolute atomic E-state index is 11.9. The van der Waals surface area contributed by atoms with Crippen molar-refractivity contribution < 1.29 is 4.79 Å². The molecule has 2 heterocycles. The number of rotatable bonds is 5. The molecule has 1 atom stereocenters. The summed E-state index contributed by atoms with van der Waals surface area (Å²) in [5, 5.41) is 3.34. The average molecular weight is 270 g/mol. The van der Waals surface area contributed by atoms with E-state index in [9.17, 15) is 4.79 Å².